The molecule has 0 spiro atoms. The third-order valence-corrected chi connectivity index (χ3v) is 4.03. The van der Waals surface area contributed by atoms with Gasteiger partial charge in [-0.15, -0.1) is 11.3 Å². The highest BCUT2D eigenvalue weighted by molar-refractivity contribution is 7.23. The Morgan fingerprint density at radius 2 is 2.28 bits per heavy atom. The lowest BCUT2D eigenvalue weighted by Gasteiger charge is -2.02. The van der Waals surface area contributed by atoms with Gasteiger partial charge in [0.2, 0.25) is 0 Å². The number of esters is 1. The van der Waals surface area contributed by atoms with E-state index in [9.17, 15) is 9.59 Å². The molecule has 0 aliphatic carbocycles. The molecule has 6 heteroatoms. The fourth-order valence-corrected chi connectivity index (χ4v) is 2.99. The van der Waals surface area contributed by atoms with E-state index in [2.05, 4.69) is 0 Å². The lowest BCUT2D eigenvalue weighted by atomic mass is 10.1. The molecular formula is C12H10ClNO3S. The van der Waals surface area contributed by atoms with E-state index in [1.54, 1.807) is 19.1 Å². The summed E-state index contributed by atoms with van der Waals surface area (Å²) in [7, 11) is 0. The number of carbonyl (C=O) groups excluding carboxylic acids is 2. The Bertz CT molecular complexity index is 636. The quantitative estimate of drug-likeness (QED) is 0.694. The molecule has 0 radical (unpaired) electrons. The zero-order valence-electron chi connectivity index (χ0n) is 9.53. The molecule has 2 rings (SSSR count). The summed E-state index contributed by atoms with van der Waals surface area (Å²) in [6, 6.07) is 3.22. The summed E-state index contributed by atoms with van der Waals surface area (Å²) >= 11 is 7.26. The second kappa shape index (κ2) is 4.96. The standard InChI is InChI=1S/C12H10ClNO3S/c1-2-17-12(16)8-7-4-3-6(5-15)9(13)10(7)18-11(8)14/h3-5H,2,14H2,1H3. The van der Waals surface area contributed by atoms with Crippen LogP contribution in [-0.4, -0.2) is 18.9 Å². The predicted molar refractivity (Wildman–Crippen MR) is 72.6 cm³/mol. The summed E-state index contributed by atoms with van der Waals surface area (Å²) in [6.45, 7) is 2.00. The van der Waals surface area contributed by atoms with E-state index in [1.807, 2.05) is 0 Å². The maximum atomic E-state index is 11.8. The van der Waals surface area contributed by atoms with E-state index < -0.39 is 5.97 Å². The van der Waals surface area contributed by atoms with Crippen molar-refractivity contribution in [2.24, 2.45) is 0 Å². The highest BCUT2D eigenvalue weighted by Gasteiger charge is 2.20. The van der Waals surface area contributed by atoms with Crippen molar-refractivity contribution in [1.82, 2.24) is 0 Å². The molecule has 0 unspecified atom stereocenters. The van der Waals surface area contributed by atoms with Crippen molar-refractivity contribution in [3.05, 3.63) is 28.3 Å². The largest absolute Gasteiger partial charge is 0.462 e. The zero-order valence-corrected chi connectivity index (χ0v) is 11.1. The molecule has 0 amide bonds. The molecule has 1 aromatic carbocycles. The fraction of sp³-hybridized carbons (Fsp3) is 0.167. The number of thiophene rings is 1. The molecule has 2 aromatic rings. The normalized spacial score (nSPS) is 10.6. The highest BCUT2D eigenvalue weighted by Crippen LogP contribution is 2.39. The number of hydrogen-bond donors (Lipinski definition) is 1. The van der Waals surface area contributed by atoms with Crippen molar-refractivity contribution >= 4 is 50.3 Å². The summed E-state index contributed by atoms with van der Waals surface area (Å²) in [5, 5.41) is 1.27. The van der Waals surface area contributed by atoms with Crippen molar-refractivity contribution in [2.75, 3.05) is 12.3 Å². The minimum absolute atomic E-state index is 0.274. The minimum Gasteiger partial charge on any atom is -0.462 e. The monoisotopic (exact) mass is 283 g/mol. The average molecular weight is 284 g/mol. The Balaban J connectivity index is 2.69. The van der Waals surface area contributed by atoms with E-state index in [4.69, 9.17) is 22.1 Å². The summed E-state index contributed by atoms with van der Waals surface area (Å²) in [4.78, 5) is 22.6. The highest BCUT2D eigenvalue weighted by atomic mass is 35.5. The van der Waals surface area contributed by atoms with Gasteiger partial charge in [0.05, 0.1) is 16.3 Å². The van der Waals surface area contributed by atoms with Crippen LogP contribution in [0.5, 0.6) is 0 Å². The first-order chi connectivity index (χ1) is 8.60. The number of hydrogen-bond acceptors (Lipinski definition) is 5. The Hall–Kier alpha value is -1.59. The van der Waals surface area contributed by atoms with Gasteiger partial charge in [0.25, 0.3) is 0 Å². The molecule has 1 heterocycles. The summed E-state index contributed by atoms with van der Waals surface area (Å²) in [5.74, 6) is -0.476. The Labute approximate surface area is 112 Å². The van der Waals surface area contributed by atoms with Crippen LogP contribution < -0.4 is 5.73 Å². The molecule has 2 N–H and O–H groups in total. The number of anilines is 1. The van der Waals surface area contributed by atoms with Crippen LogP contribution in [0.25, 0.3) is 10.1 Å². The summed E-state index contributed by atoms with van der Waals surface area (Å²) < 4.78 is 5.57. The number of ether oxygens (including phenoxy) is 1. The smallest absolute Gasteiger partial charge is 0.341 e. The van der Waals surface area contributed by atoms with Gasteiger partial charge >= 0.3 is 5.97 Å². The van der Waals surface area contributed by atoms with Crippen LogP contribution in [0.4, 0.5) is 5.00 Å². The van der Waals surface area contributed by atoms with Crippen molar-refractivity contribution < 1.29 is 14.3 Å². The van der Waals surface area contributed by atoms with Gasteiger partial charge < -0.3 is 10.5 Å². The third kappa shape index (κ3) is 1.95. The van der Waals surface area contributed by atoms with Crippen molar-refractivity contribution in [1.29, 1.82) is 0 Å². The molecule has 0 fully saturated rings. The predicted octanol–water partition coefficient (Wildman–Crippen LogP) is 3.13. The molecule has 4 nitrogen and oxygen atoms in total. The van der Waals surface area contributed by atoms with E-state index in [1.165, 1.54) is 11.3 Å². The van der Waals surface area contributed by atoms with Gasteiger partial charge in [0.1, 0.15) is 10.6 Å². The van der Waals surface area contributed by atoms with Crippen molar-refractivity contribution in [3.63, 3.8) is 0 Å². The number of aldehydes is 1. The maximum absolute atomic E-state index is 11.8. The minimum atomic E-state index is -0.476. The van der Waals surface area contributed by atoms with Gasteiger partial charge in [-0.05, 0) is 13.0 Å². The molecule has 94 valence electrons. The van der Waals surface area contributed by atoms with Gasteiger partial charge in [0.15, 0.2) is 6.29 Å². The molecule has 1 aromatic heterocycles. The first-order valence-electron chi connectivity index (χ1n) is 5.22. The molecule has 0 aliphatic heterocycles. The van der Waals surface area contributed by atoms with Gasteiger partial charge in [-0.2, -0.15) is 0 Å². The Morgan fingerprint density at radius 3 is 2.89 bits per heavy atom. The molecule has 0 bridgehead atoms. The number of benzene rings is 1. The first kappa shape index (κ1) is 12.9. The van der Waals surface area contributed by atoms with Crippen LogP contribution >= 0.6 is 22.9 Å². The van der Waals surface area contributed by atoms with Crippen LogP contribution in [0.15, 0.2) is 12.1 Å². The molecule has 0 saturated carbocycles. The number of nitrogens with two attached hydrogens (primary N) is 1. The second-order valence-electron chi connectivity index (χ2n) is 3.53. The second-order valence-corrected chi connectivity index (χ2v) is 4.96. The number of nitrogen functional groups attached to an aromatic ring is 1. The fourth-order valence-electron chi connectivity index (χ4n) is 1.67. The average Bonchev–Trinajstić information content (AvgIpc) is 2.67. The molecule has 0 saturated heterocycles. The van der Waals surface area contributed by atoms with E-state index in [0.717, 1.165) is 0 Å². The lowest BCUT2D eigenvalue weighted by molar-refractivity contribution is 0.0530. The molecular weight excluding hydrogens is 274 g/mol. The number of fused-ring (bicyclic) bond motifs is 1. The van der Waals surface area contributed by atoms with E-state index in [-0.39, 0.29) is 6.61 Å². The number of rotatable bonds is 3. The van der Waals surface area contributed by atoms with Crippen LogP contribution in [0.1, 0.15) is 27.6 Å². The van der Waals surface area contributed by atoms with Crippen LogP contribution in [0.3, 0.4) is 0 Å². The number of carbonyl (C=O) groups is 2. The van der Waals surface area contributed by atoms with Gasteiger partial charge in [-0.1, -0.05) is 17.7 Å². The van der Waals surface area contributed by atoms with Crippen molar-refractivity contribution in [3.8, 4) is 0 Å². The van der Waals surface area contributed by atoms with Gasteiger partial charge in [-0.25, -0.2) is 4.79 Å². The van der Waals surface area contributed by atoms with E-state index in [0.29, 0.717) is 37.5 Å². The topological polar surface area (TPSA) is 69.4 Å². The van der Waals surface area contributed by atoms with Crippen LogP contribution in [-0.2, 0) is 4.74 Å². The van der Waals surface area contributed by atoms with Gasteiger partial charge in [-0.3, -0.25) is 4.79 Å². The van der Waals surface area contributed by atoms with E-state index >= 15 is 0 Å². The SMILES string of the molecule is CCOC(=O)c1c(N)sc2c(Cl)c(C=O)ccc12. The molecule has 18 heavy (non-hydrogen) atoms. The Morgan fingerprint density at radius 1 is 1.56 bits per heavy atom. The molecule has 0 atom stereocenters. The lowest BCUT2D eigenvalue weighted by Crippen LogP contribution is -2.06. The van der Waals surface area contributed by atoms with Gasteiger partial charge in [0, 0.05) is 10.9 Å². The Kier molecular flexibility index (Phi) is 3.54. The molecule has 0 aliphatic rings. The maximum Gasteiger partial charge on any atom is 0.341 e. The van der Waals surface area contributed by atoms with Crippen LogP contribution in [0, 0.1) is 0 Å². The first-order valence-corrected chi connectivity index (χ1v) is 6.42. The van der Waals surface area contributed by atoms with Crippen molar-refractivity contribution in [2.45, 2.75) is 6.92 Å². The summed E-state index contributed by atoms with van der Waals surface area (Å²) in [6.07, 6.45) is 0.668. The summed E-state index contributed by atoms with van der Waals surface area (Å²) in [5.41, 5.74) is 6.51. The van der Waals surface area contributed by atoms with Crippen LogP contribution in [0.2, 0.25) is 5.02 Å². The number of halogens is 1. The zero-order chi connectivity index (χ0) is 13.3. The third-order valence-electron chi connectivity index (χ3n) is 2.46.